The highest BCUT2D eigenvalue weighted by Crippen LogP contribution is 2.20. The second kappa shape index (κ2) is 6.86. The fourth-order valence-corrected chi connectivity index (χ4v) is 3.65. The molecule has 1 fully saturated rings. The maximum atomic E-state index is 12.7. The first-order valence-corrected chi connectivity index (χ1v) is 7.96. The van der Waals surface area contributed by atoms with Crippen LogP contribution in [0.1, 0.15) is 12.0 Å². The van der Waals surface area contributed by atoms with Crippen LogP contribution in [0, 0.1) is 11.8 Å². The van der Waals surface area contributed by atoms with Crippen LogP contribution in [0.4, 0.5) is 0 Å². The third kappa shape index (κ3) is 3.38. The molecular formula is C14H18N2O3S. The largest absolute Gasteiger partial charge is 0.380 e. The van der Waals surface area contributed by atoms with E-state index in [4.69, 9.17) is 10.5 Å². The van der Waals surface area contributed by atoms with Crippen molar-refractivity contribution in [1.29, 1.82) is 0 Å². The van der Waals surface area contributed by atoms with E-state index in [0.29, 0.717) is 38.3 Å². The van der Waals surface area contributed by atoms with E-state index in [1.54, 1.807) is 24.3 Å². The minimum absolute atomic E-state index is 0.200. The molecule has 2 rings (SSSR count). The van der Waals surface area contributed by atoms with Crippen LogP contribution in [0.25, 0.3) is 0 Å². The Labute approximate surface area is 119 Å². The Morgan fingerprint density at radius 2 is 2.05 bits per heavy atom. The molecule has 0 aromatic heterocycles. The number of ether oxygens (including phenoxy) is 1. The van der Waals surface area contributed by atoms with Gasteiger partial charge in [-0.05, 0) is 18.6 Å². The summed E-state index contributed by atoms with van der Waals surface area (Å²) in [6.45, 7) is 2.07. The normalized spacial score (nSPS) is 17.1. The zero-order valence-electron chi connectivity index (χ0n) is 11.2. The molecule has 0 radical (unpaired) electrons. The zero-order valence-corrected chi connectivity index (χ0v) is 12.0. The van der Waals surface area contributed by atoms with Gasteiger partial charge < -0.3 is 10.5 Å². The molecule has 5 nitrogen and oxygen atoms in total. The van der Waals surface area contributed by atoms with Gasteiger partial charge >= 0.3 is 0 Å². The fourth-order valence-electron chi connectivity index (χ4n) is 2.04. The fraction of sp³-hybridized carbons (Fsp3) is 0.429. The van der Waals surface area contributed by atoms with Gasteiger partial charge in [0, 0.05) is 25.3 Å². The molecule has 108 valence electrons. The summed E-state index contributed by atoms with van der Waals surface area (Å²) in [7, 11) is -3.54. The molecule has 0 atom stereocenters. The monoisotopic (exact) mass is 294 g/mol. The Hall–Kier alpha value is -1.39. The third-order valence-electron chi connectivity index (χ3n) is 3.01. The molecular weight excluding hydrogens is 276 g/mol. The molecule has 1 saturated heterocycles. The second-order valence-electron chi connectivity index (χ2n) is 4.37. The molecule has 0 saturated carbocycles. The first-order valence-electron chi connectivity index (χ1n) is 6.52. The van der Waals surface area contributed by atoms with Crippen molar-refractivity contribution in [2.45, 2.75) is 11.3 Å². The van der Waals surface area contributed by atoms with Crippen LogP contribution >= 0.6 is 0 Å². The van der Waals surface area contributed by atoms with Crippen LogP contribution in [0.5, 0.6) is 0 Å². The summed E-state index contributed by atoms with van der Waals surface area (Å²) in [5.41, 5.74) is 5.84. The van der Waals surface area contributed by atoms with Gasteiger partial charge in [0.25, 0.3) is 0 Å². The van der Waals surface area contributed by atoms with Gasteiger partial charge in [-0.1, -0.05) is 24.0 Å². The van der Waals surface area contributed by atoms with Crippen molar-refractivity contribution in [1.82, 2.24) is 4.31 Å². The van der Waals surface area contributed by atoms with E-state index in [-0.39, 0.29) is 11.4 Å². The summed E-state index contributed by atoms with van der Waals surface area (Å²) < 4.78 is 32.2. The number of sulfonamides is 1. The van der Waals surface area contributed by atoms with Crippen LogP contribution in [0.3, 0.4) is 0 Å². The summed E-state index contributed by atoms with van der Waals surface area (Å²) in [5, 5.41) is 0. The third-order valence-corrected chi connectivity index (χ3v) is 4.97. The number of nitrogens with zero attached hydrogens (tertiary/aromatic N) is 1. The first-order chi connectivity index (χ1) is 9.66. The Morgan fingerprint density at radius 1 is 1.25 bits per heavy atom. The van der Waals surface area contributed by atoms with Crippen LogP contribution < -0.4 is 5.73 Å². The Bertz CT molecular complexity index is 609. The van der Waals surface area contributed by atoms with Crippen LogP contribution in [0.15, 0.2) is 29.2 Å². The Balaban J connectivity index is 2.38. The van der Waals surface area contributed by atoms with Crippen molar-refractivity contribution in [2.24, 2.45) is 5.73 Å². The number of hydrogen-bond acceptors (Lipinski definition) is 4. The van der Waals surface area contributed by atoms with E-state index in [1.165, 1.54) is 4.31 Å². The van der Waals surface area contributed by atoms with E-state index in [9.17, 15) is 8.42 Å². The highest BCUT2D eigenvalue weighted by molar-refractivity contribution is 7.89. The number of hydrogen-bond donors (Lipinski definition) is 1. The lowest BCUT2D eigenvalue weighted by molar-refractivity contribution is 0.148. The Kier molecular flexibility index (Phi) is 5.15. The van der Waals surface area contributed by atoms with Crippen molar-refractivity contribution in [3.8, 4) is 11.8 Å². The zero-order chi connectivity index (χ0) is 14.4. The molecule has 0 amide bonds. The minimum Gasteiger partial charge on any atom is -0.380 e. The van der Waals surface area contributed by atoms with E-state index in [0.717, 1.165) is 0 Å². The molecule has 1 aliphatic rings. The highest BCUT2D eigenvalue weighted by atomic mass is 32.2. The van der Waals surface area contributed by atoms with Crippen LogP contribution in [0.2, 0.25) is 0 Å². The lowest BCUT2D eigenvalue weighted by Gasteiger charge is -2.20. The topological polar surface area (TPSA) is 72.6 Å². The molecule has 0 spiro atoms. The van der Waals surface area contributed by atoms with Gasteiger partial charge in [-0.3, -0.25) is 0 Å². The summed E-state index contributed by atoms with van der Waals surface area (Å²) in [5.74, 6) is 5.52. The SMILES string of the molecule is NCC#Cc1ccccc1S(=O)(=O)N1CCCOCC1. The number of benzene rings is 1. The smallest absolute Gasteiger partial charge is 0.244 e. The van der Waals surface area contributed by atoms with Crippen LogP contribution in [-0.4, -0.2) is 45.6 Å². The van der Waals surface area contributed by atoms with Crippen molar-refractivity contribution in [2.75, 3.05) is 32.8 Å². The summed E-state index contributed by atoms with van der Waals surface area (Å²) in [6, 6.07) is 6.76. The van der Waals surface area contributed by atoms with E-state index < -0.39 is 10.0 Å². The molecule has 1 aromatic rings. The van der Waals surface area contributed by atoms with Gasteiger partial charge in [0.05, 0.1) is 18.0 Å². The van der Waals surface area contributed by atoms with E-state index >= 15 is 0 Å². The van der Waals surface area contributed by atoms with Gasteiger partial charge in [0.1, 0.15) is 0 Å². The molecule has 1 heterocycles. The summed E-state index contributed by atoms with van der Waals surface area (Å²) in [4.78, 5) is 0.239. The lowest BCUT2D eigenvalue weighted by Crippen LogP contribution is -2.33. The number of rotatable bonds is 2. The standard InChI is InChI=1S/C14H18N2O3S/c15-8-3-6-13-5-1-2-7-14(13)20(17,18)16-9-4-11-19-12-10-16/h1-2,5,7H,4,8-12,15H2. The average molecular weight is 294 g/mol. The predicted molar refractivity (Wildman–Crippen MR) is 76.6 cm³/mol. The second-order valence-corrected chi connectivity index (χ2v) is 6.28. The molecule has 0 unspecified atom stereocenters. The van der Waals surface area contributed by atoms with Gasteiger partial charge in [-0.25, -0.2) is 8.42 Å². The quantitative estimate of drug-likeness (QED) is 0.802. The van der Waals surface area contributed by atoms with Crippen molar-refractivity contribution >= 4 is 10.0 Å². The molecule has 0 aliphatic carbocycles. The van der Waals surface area contributed by atoms with Gasteiger partial charge in [0.2, 0.25) is 10.0 Å². The van der Waals surface area contributed by atoms with Crippen molar-refractivity contribution in [3.05, 3.63) is 29.8 Å². The van der Waals surface area contributed by atoms with Gasteiger partial charge in [-0.2, -0.15) is 4.31 Å². The van der Waals surface area contributed by atoms with Gasteiger partial charge in [-0.15, -0.1) is 0 Å². The molecule has 2 N–H and O–H groups in total. The number of nitrogens with two attached hydrogens (primary N) is 1. The molecule has 1 aromatic carbocycles. The average Bonchev–Trinajstić information content (AvgIpc) is 2.75. The van der Waals surface area contributed by atoms with Crippen molar-refractivity contribution < 1.29 is 13.2 Å². The van der Waals surface area contributed by atoms with Gasteiger partial charge in [0.15, 0.2) is 0 Å². The minimum atomic E-state index is -3.54. The Morgan fingerprint density at radius 3 is 2.85 bits per heavy atom. The molecule has 0 bridgehead atoms. The molecule has 1 aliphatic heterocycles. The summed E-state index contributed by atoms with van der Waals surface area (Å²) >= 11 is 0. The molecule has 6 heteroatoms. The summed E-state index contributed by atoms with van der Waals surface area (Å²) in [6.07, 6.45) is 0.704. The predicted octanol–water partition coefficient (Wildman–Crippen LogP) is 0.408. The lowest BCUT2D eigenvalue weighted by atomic mass is 10.2. The van der Waals surface area contributed by atoms with Crippen molar-refractivity contribution in [3.63, 3.8) is 0 Å². The first kappa shape index (κ1) is 15.0. The maximum Gasteiger partial charge on any atom is 0.244 e. The van der Waals surface area contributed by atoms with E-state index in [1.807, 2.05) is 0 Å². The van der Waals surface area contributed by atoms with E-state index in [2.05, 4.69) is 11.8 Å². The maximum absolute atomic E-state index is 12.7. The highest BCUT2D eigenvalue weighted by Gasteiger charge is 2.27. The van der Waals surface area contributed by atoms with Crippen LogP contribution in [-0.2, 0) is 14.8 Å². The molecule has 20 heavy (non-hydrogen) atoms.